The molecular formula is C31H36FN3O4S. The van der Waals surface area contributed by atoms with Crippen molar-refractivity contribution >= 4 is 27.5 Å². The van der Waals surface area contributed by atoms with Crippen LogP contribution >= 0.6 is 0 Å². The number of hydrogen-bond donors (Lipinski definition) is 1. The zero-order chi connectivity index (χ0) is 28.7. The summed E-state index contributed by atoms with van der Waals surface area (Å²) in [5, 5.41) is 3.04. The highest BCUT2D eigenvalue weighted by Crippen LogP contribution is 2.26. The number of anilines is 1. The van der Waals surface area contributed by atoms with Gasteiger partial charge in [0.1, 0.15) is 18.4 Å². The highest BCUT2D eigenvalue weighted by atomic mass is 32.2. The second kappa shape index (κ2) is 13.1. The first-order valence-electron chi connectivity index (χ1n) is 13.6. The Kier molecular flexibility index (Phi) is 9.58. The first-order valence-corrected chi connectivity index (χ1v) is 15.1. The average Bonchev–Trinajstić information content (AvgIpc) is 2.96. The van der Waals surface area contributed by atoms with E-state index in [1.807, 2.05) is 13.0 Å². The predicted molar refractivity (Wildman–Crippen MR) is 154 cm³/mol. The molecule has 0 unspecified atom stereocenters. The van der Waals surface area contributed by atoms with Crippen molar-refractivity contribution in [2.75, 3.05) is 10.8 Å². The van der Waals surface area contributed by atoms with Gasteiger partial charge in [0, 0.05) is 18.2 Å². The maximum atomic E-state index is 14.7. The lowest BCUT2D eigenvalue weighted by Crippen LogP contribution is -2.53. The minimum atomic E-state index is -4.14. The van der Waals surface area contributed by atoms with E-state index >= 15 is 0 Å². The second-order valence-corrected chi connectivity index (χ2v) is 12.2. The van der Waals surface area contributed by atoms with Gasteiger partial charge in [-0.05, 0) is 62.6 Å². The van der Waals surface area contributed by atoms with Gasteiger partial charge < -0.3 is 10.2 Å². The van der Waals surface area contributed by atoms with Crippen molar-refractivity contribution in [2.45, 2.75) is 69.5 Å². The Labute approximate surface area is 236 Å². The van der Waals surface area contributed by atoms with Crippen molar-refractivity contribution in [3.8, 4) is 0 Å². The van der Waals surface area contributed by atoms with Crippen molar-refractivity contribution in [2.24, 2.45) is 0 Å². The Bertz CT molecular complexity index is 1430. The minimum absolute atomic E-state index is 0.0244. The van der Waals surface area contributed by atoms with Crippen LogP contribution in [0.1, 0.15) is 50.2 Å². The van der Waals surface area contributed by atoms with Gasteiger partial charge in [0.15, 0.2) is 0 Å². The number of nitrogens with one attached hydrogen (secondary N) is 1. The van der Waals surface area contributed by atoms with Crippen molar-refractivity contribution in [3.05, 3.63) is 95.8 Å². The molecule has 1 N–H and O–H groups in total. The van der Waals surface area contributed by atoms with Crippen LogP contribution < -0.4 is 9.62 Å². The van der Waals surface area contributed by atoms with Crippen LogP contribution in [0.4, 0.5) is 10.1 Å². The number of nitrogens with zero attached hydrogens (tertiary/aromatic N) is 2. The van der Waals surface area contributed by atoms with E-state index in [-0.39, 0.29) is 29.0 Å². The van der Waals surface area contributed by atoms with Gasteiger partial charge in [-0.2, -0.15) is 0 Å². The molecule has 7 nitrogen and oxygen atoms in total. The van der Waals surface area contributed by atoms with E-state index in [0.29, 0.717) is 5.69 Å². The molecule has 4 rings (SSSR count). The topological polar surface area (TPSA) is 86.8 Å². The van der Waals surface area contributed by atoms with Crippen LogP contribution in [-0.4, -0.2) is 43.8 Å². The first kappa shape index (κ1) is 29.3. The zero-order valence-corrected chi connectivity index (χ0v) is 23.7. The number of benzene rings is 3. The molecule has 0 bridgehead atoms. The molecule has 0 aliphatic heterocycles. The summed E-state index contributed by atoms with van der Waals surface area (Å²) in [6, 6.07) is 19.9. The Morgan fingerprint density at radius 1 is 0.950 bits per heavy atom. The molecule has 212 valence electrons. The number of rotatable bonds is 10. The van der Waals surface area contributed by atoms with Crippen LogP contribution in [0.25, 0.3) is 0 Å². The Hall–Kier alpha value is -3.72. The minimum Gasteiger partial charge on any atom is -0.352 e. The molecule has 1 aliphatic rings. The molecule has 1 aliphatic carbocycles. The van der Waals surface area contributed by atoms with Crippen LogP contribution in [0.5, 0.6) is 0 Å². The molecule has 0 spiro atoms. The molecule has 0 saturated heterocycles. The molecule has 1 saturated carbocycles. The predicted octanol–water partition coefficient (Wildman–Crippen LogP) is 5.20. The normalized spacial score (nSPS) is 14.8. The summed E-state index contributed by atoms with van der Waals surface area (Å²) < 4.78 is 43.3. The van der Waals surface area contributed by atoms with Gasteiger partial charge in [-0.25, -0.2) is 12.8 Å². The second-order valence-electron chi connectivity index (χ2n) is 10.3. The van der Waals surface area contributed by atoms with Crippen molar-refractivity contribution in [3.63, 3.8) is 0 Å². The van der Waals surface area contributed by atoms with Gasteiger partial charge in [0.25, 0.3) is 10.0 Å². The lowest BCUT2D eigenvalue weighted by atomic mass is 9.95. The van der Waals surface area contributed by atoms with Crippen LogP contribution in [0.2, 0.25) is 0 Å². The summed E-state index contributed by atoms with van der Waals surface area (Å²) in [7, 11) is -4.14. The largest absolute Gasteiger partial charge is 0.352 e. The van der Waals surface area contributed by atoms with Crippen LogP contribution in [-0.2, 0) is 26.2 Å². The molecule has 3 aromatic rings. The number of hydrogen-bond acceptors (Lipinski definition) is 4. The third-order valence-corrected chi connectivity index (χ3v) is 9.11. The van der Waals surface area contributed by atoms with Gasteiger partial charge in [-0.15, -0.1) is 0 Å². The maximum absolute atomic E-state index is 14.7. The van der Waals surface area contributed by atoms with E-state index < -0.39 is 34.3 Å². The fraction of sp³-hybridized carbons (Fsp3) is 0.355. The average molecular weight is 566 g/mol. The lowest BCUT2D eigenvalue weighted by molar-refractivity contribution is -0.139. The number of carbonyl (C=O) groups excluding carboxylic acids is 2. The molecule has 1 atom stereocenters. The summed E-state index contributed by atoms with van der Waals surface area (Å²) in [6.07, 6.45) is 4.93. The highest BCUT2D eigenvalue weighted by Gasteiger charge is 2.33. The van der Waals surface area contributed by atoms with Gasteiger partial charge in [0.2, 0.25) is 11.8 Å². The van der Waals surface area contributed by atoms with Gasteiger partial charge in [0.05, 0.1) is 10.6 Å². The van der Waals surface area contributed by atoms with E-state index in [1.54, 1.807) is 61.5 Å². The van der Waals surface area contributed by atoms with Gasteiger partial charge >= 0.3 is 0 Å². The quantitative estimate of drug-likeness (QED) is 0.366. The number of carbonyl (C=O) groups is 2. The first-order chi connectivity index (χ1) is 19.2. The molecular weight excluding hydrogens is 529 g/mol. The highest BCUT2D eigenvalue weighted by molar-refractivity contribution is 7.92. The number of amides is 2. The van der Waals surface area contributed by atoms with Crippen LogP contribution in [0, 0.1) is 12.7 Å². The smallest absolute Gasteiger partial charge is 0.264 e. The number of halogens is 1. The van der Waals surface area contributed by atoms with E-state index in [9.17, 15) is 22.4 Å². The van der Waals surface area contributed by atoms with Crippen molar-refractivity contribution < 1.29 is 22.4 Å². The van der Waals surface area contributed by atoms with Crippen molar-refractivity contribution in [1.82, 2.24) is 10.2 Å². The fourth-order valence-electron chi connectivity index (χ4n) is 4.99. The zero-order valence-electron chi connectivity index (χ0n) is 22.9. The standard InChI is InChI=1S/C31H36FN3O4S/c1-23-12-11-16-27(20-23)35(40(38,39)28-17-7-4-8-18-28)22-30(36)34(21-25-13-9-10-19-29(25)32)24(2)31(37)33-26-14-5-3-6-15-26/h4,7-13,16-20,24,26H,3,5-6,14-15,21-22H2,1-2H3,(H,33,37)/t24-/m0/s1. The fourth-order valence-corrected chi connectivity index (χ4v) is 6.42. The Balaban J connectivity index is 1.67. The molecule has 40 heavy (non-hydrogen) atoms. The molecule has 0 heterocycles. The monoisotopic (exact) mass is 565 g/mol. The number of sulfonamides is 1. The SMILES string of the molecule is Cc1cccc(N(CC(=O)N(Cc2ccccc2F)[C@@H](C)C(=O)NC2CCCCC2)S(=O)(=O)c2ccccc2)c1. The number of aryl methyl sites for hydroxylation is 1. The Morgan fingerprint density at radius 3 is 2.30 bits per heavy atom. The molecule has 9 heteroatoms. The summed E-state index contributed by atoms with van der Waals surface area (Å²) in [6.45, 7) is 2.69. The van der Waals surface area contributed by atoms with Crippen LogP contribution in [0.15, 0.2) is 83.8 Å². The lowest BCUT2D eigenvalue weighted by Gasteiger charge is -2.33. The third-order valence-electron chi connectivity index (χ3n) is 7.32. The van der Waals surface area contributed by atoms with E-state index in [0.717, 1.165) is 42.0 Å². The molecule has 0 radical (unpaired) electrons. The molecule has 3 aromatic carbocycles. The van der Waals surface area contributed by atoms with Crippen LogP contribution in [0.3, 0.4) is 0 Å². The summed E-state index contributed by atoms with van der Waals surface area (Å²) in [5.74, 6) is -1.46. The maximum Gasteiger partial charge on any atom is 0.264 e. The van der Waals surface area contributed by atoms with E-state index in [1.165, 1.54) is 23.1 Å². The Morgan fingerprint density at radius 2 is 1.62 bits per heavy atom. The van der Waals surface area contributed by atoms with Gasteiger partial charge in [-0.3, -0.25) is 13.9 Å². The van der Waals surface area contributed by atoms with Gasteiger partial charge in [-0.1, -0.05) is 67.8 Å². The summed E-state index contributed by atoms with van der Waals surface area (Å²) in [5.41, 5.74) is 1.38. The molecule has 0 aromatic heterocycles. The van der Waals surface area contributed by atoms with E-state index in [2.05, 4.69) is 5.32 Å². The van der Waals surface area contributed by atoms with Crippen molar-refractivity contribution in [1.29, 1.82) is 0 Å². The molecule has 1 fully saturated rings. The summed E-state index contributed by atoms with van der Waals surface area (Å²) >= 11 is 0. The third kappa shape index (κ3) is 7.07. The molecule has 2 amide bonds. The van der Waals surface area contributed by atoms with E-state index in [4.69, 9.17) is 0 Å². The summed E-state index contributed by atoms with van der Waals surface area (Å²) in [4.78, 5) is 28.6.